The van der Waals surface area contributed by atoms with Gasteiger partial charge in [-0.1, -0.05) is 91.0 Å². The quantitative estimate of drug-likeness (QED) is 0.0350. The number of ether oxygens (including phenoxy) is 3. The summed E-state index contributed by atoms with van der Waals surface area (Å²) in [6, 6.07) is 21.1. The van der Waals surface area contributed by atoms with Gasteiger partial charge in [-0.3, -0.25) is 73.2 Å². The van der Waals surface area contributed by atoms with Crippen LogP contribution in [0, 0.1) is 160 Å². The molecule has 3 aromatic carbocycles. The molecule has 145 heavy (non-hydrogen) atoms. The Bertz CT molecular complexity index is 3970. The molecule has 3 atom stereocenters. The van der Waals surface area contributed by atoms with Crippen molar-refractivity contribution in [1.29, 1.82) is 0 Å². The first-order chi connectivity index (χ1) is 66.7. The second-order valence-corrected chi connectivity index (χ2v) is 34.2. The van der Waals surface area contributed by atoms with Gasteiger partial charge in [0.15, 0.2) is 0 Å². The fourth-order valence-electron chi connectivity index (χ4n) is 15.1. The summed E-state index contributed by atoms with van der Waals surface area (Å²) in [5.41, 5.74) is 9.39. The number of hydrazine groups is 3. The van der Waals surface area contributed by atoms with E-state index in [-0.39, 0.29) is 375 Å². The second kappa shape index (κ2) is 75.9. The molecule has 3 heterocycles. The van der Waals surface area contributed by atoms with Crippen molar-refractivity contribution >= 4 is 108 Å². The van der Waals surface area contributed by atoms with Crippen LogP contribution in [0.4, 0.5) is 14.4 Å². The van der Waals surface area contributed by atoms with Crippen LogP contribution in [0.3, 0.4) is 0 Å². The zero-order valence-electron chi connectivity index (χ0n) is 81.4. The van der Waals surface area contributed by atoms with Crippen LogP contribution in [0.15, 0.2) is 91.0 Å². The van der Waals surface area contributed by atoms with Crippen molar-refractivity contribution in [3.8, 4) is 0 Å². The first-order valence-electron chi connectivity index (χ1n) is 45.8. The minimum atomic E-state index is -1.51. The van der Waals surface area contributed by atoms with Gasteiger partial charge in [0.1, 0.15) is 19.8 Å². The normalized spacial score (nSPS) is 16.3. The number of carbonyl (C=O) groups is 18. The number of carboxylic acids is 12. The van der Waals surface area contributed by atoms with Gasteiger partial charge in [0.2, 0.25) is 17.7 Å². The van der Waals surface area contributed by atoms with Gasteiger partial charge >= 0.3 is 178 Å². The molecule has 51 nitrogen and oxygen atoms in total. The first-order valence-corrected chi connectivity index (χ1v) is 45.8. The zero-order chi connectivity index (χ0) is 105. The Labute approximate surface area is 968 Å². The molecule has 0 saturated carbocycles. The Morgan fingerprint density at radius 2 is 0.393 bits per heavy atom. The molecule has 6 rings (SSSR count). The van der Waals surface area contributed by atoms with Crippen LogP contribution >= 0.6 is 0 Å². The summed E-state index contributed by atoms with van der Waals surface area (Å²) in [7, 11) is 0. The molecule has 3 fully saturated rings. The Morgan fingerprint density at radius 1 is 0.248 bits per heavy atom. The van der Waals surface area contributed by atoms with E-state index < -0.39 is 203 Å². The maximum Gasteiger partial charge on any atom is 3.00 e. The van der Waals surface area contributed by atoms with E-state index in [0.717, 1.165) is 31.7 Å². The Hall–Kier alpha value is -7.66. The Kier molecular flexibility index (Phi) is 71.9. The summed E-state index contributed by atoms with van der Waals surface area (Å²) < 4.78 is 15.6. The molecule has 0 aliphatic carbocycles. The van der Waals surface area contributed by atoms with Crippen LogP contribution in [0.2, 0.25) is 0 Å². The largest absolute Gasteiger partial charge is 3.00 e. The van der Waals surface area contributed by atoms with Gasteiger partial charge in [-0.15, -0.1) is 0 Å². The molecule has 0 bridgehead atoms. The van der Waals surface area contributed by atoms with Crippen molar-refractivity contribution in [3.05, 3.63) is 108 Å². The number of aliphatic carboxylic acids is 12. The van der Waals surface area contributed by atoms with E-state index in [9.17, 15) is 148 Å². The maximum absolute atomic E-state index is 13.2. The zero-order valence-corrected chi connectivity index (χ0v) is 90.5. The molecular formula is C90H126Gd4N18O33. The van der Waals surface area contributed by atoms with Crippen LogP contribution < -0.4 is 77.6 Å². The van der Waals surface area contributed by atoms with E-state index >= 15 is 0 Å². The minimum absolute atomic E-state index is 0. The molecule has 806 valence electrons. The average molecular weight is 2620 g/mol. The number of carbonyl (C=O) groups excluding carboxylic acids is 18. The van der Waals surface area contributed by atoms with Crippen molar-refractivity contribution < 1.29 is 322 Å². The van der Waals surface area contributed by atoms with E-state index in [1.165, 1.54) is 58.8 Å². The molecule has 3 unspecified atom stereocenters. The number of nitrogens with one attached hydrogen (secondary N) is 3. The molecule has 6 amide bonds. The van der Waals surface area contributed by atoms with Crippen LogP contribution in [0.5, 0.6) is 0 Å². The Balaban J connectivity index is 0.00000212. The number of hydrogen-bond donors (Lipinski definition) is 3. The summed E-state index contributed by atoms with van der Waals surface area (Å²) >= 11 is 0. The third-order valence-corrected chi connectivity index (χ3v) is 22.5. The van der Waals surface area contributed by atoms with Gasteiger partial charge in [0, 0.05) is 271 Å². The number of benzene rings is 3. The summed E-state index contributed by atoms with van der Waals surface area (Å²) in [5.74, 6) is -18.7. The van der Waals surface area contributed by atoms with E-state index in [4.69, 9.17) is 14.2 Å². The third-order valence-electron chi connectivity index (χ3n) is 22.5. The summed E-state index contributed by atoms with van der Waals surface area (Å²) in [5, 5.41) is 143. The standard InChI is InChI=1S/3C30H46N6O11.4Gd/c3*1-22(2)36(31-30(46)47-21-23-6-4-3-5-7-23)25(37)9-8-24(29(44)45)35-16-14-33(19-27(40)41)12-10-32(18-26(38)39)11-13-34(15-17-35)20-28(42)43;;;;/h3*3-7,22,24H,8-21H2,1-2H3,(H,31,46)(H,38,39)(H,40,41)(H,42,43)(H,44,45);;;;/q;;;4*+3/p-12. The first kappa shape index (κ1) is 137. The van der Waals surface area contributed by atoms with Crippen molar-refractivity contribution in [3.63, 3.8) is 0 Å². The predicted octanol–water partition coefficient (Wildman–Crippen LogP) is -16.7. The van der Waals surface area contributed by atoms with Crippen molar-refractivity contribution in [2.24, 2.45) is 0 Å². The van der Waals surface area contributed by atoms with Gasteiger partial charge in [0.05, 0.1) is 71.6 Å². The molecule has 0 spiro atoms. The number of amides is 6. The molecule has 3 aliphatic heterocycles. The minimum Gasteiger partial charge on any atom is -0.549 e. The molecule has 55 heteroatoms. The third kappa shape index (κ3) is 60.1. The topological polar surface area (TPSA) is 696 Å². The number of hydrogen-bond acceptors (Lipinski definition) is 45. The van der Waals surface area contributed by atoms with Crippen LogP contribution in [-0.2, 0) is 106 Å². The number of rotatable bonds is 42. The number of nitrogens with zero attached hydrogens (tertiary/aromatic N) is 15. The van der Waals surface area contributed by atoms with E-state index in [1.54, 1.807) is 114 Å². The fraction of sp³-hybridized carbons (Fsp3) is 0.600. The molecule has 0 aromatic heterocycles. The van der Waals surface area contributed by atoms with E-state index in [0.29, 0.717) is 0 Å². The summed E-state index contributed by atoms with van der Waals surface area (Å²) in [4.78, 5) is 234. The van der Waals surface area contributed by atoms with Gasteiger partial charge < -0.3 is 133 Å². The van der Waals surface area contributed by atoms with Crippen LogP contribution in [0.25, 0.3) is 0 Å². The van der Waals surface area contributed by atoms with Gasteiger partial charge in [-0.2, -0.15) is 0 Å². The van der Waals surface area contributed by atoms with Crippen LogP contribution in [0.1, 0.15) is 96.8 Å². The summed E-state index contributed by atoms with van der Waals surface area (Å²) in [6.45, 7) is 6.53. The molecule has 3 N–H and O–H groups in total. The van der Waals surface area contributed by atoms with E-state index in [1.807, 2.05) is 18.2 Å². The molecule has 3 aromatic rings. The predicted molar refractivity (Wildman–Crippen MR) is 467 cm³/mol. The van der Waals surface area contributed by atoms with Gasteiger partial charge in [-0.05, 0) is 77.5 Å². The van der Waals surface area contributed by atoms with E-state index in [2.05, 4.69) is 16.3 Å². The van der Waals surface area contributed by atoms with Crippen molar-refractivity contribution in [1.82, 2.24) is 90.1 Å². The molecule has 3 aliphatic rings. The number of carboxylic acid groups (broad SMARTS) is 12. The average Bonchev–Trinajstić information content (AvgIpc) is 0.871. The SMILES string of the molecule is CC(C)N(NC(=O)OCc1ccccc1)C(=O)CCC(C(=O)[O-])N1CCN(CC(=O)[O-])CCN(CC(=O)[O-])CCN(CC(=O)[O-])CC1.CC(C)N(NC(=O)OCc1ccccc1)C(=O)CCC(C(=O)[O-])N1CCN(CC(=O)[O-])CCN(CC(=O)[O-])CCN(CC(=O)[O-])CC1.CC(C)N(NC(=O)OCc1ccccc1)C(=O)CCC(C(=O)[O-])N1CCN(CC(=O)[O-])CCN(CC(=O)[O-])CCN(CC(=O)[O-])CC1.[Gd+3].[Gd+3].[Gd+3].[Gd+3]. The van der Waals surface area contributed by atoms with Crippen LogP contribution in [-0.4, -0.2) is 434 Å². The van der Waals surface area contributed by atoms with Crippen molar-refractivity contribution in [2.45, 2.75) is 136 Å². The fourth-order valence-corrected chi connectivity index (χ4v) is 15.1. The second-order valence-electron chi connectivity index (χ2n) is 34.2. The Morgan fingerprint density at radius 3 is 0.524 bits per heavy atom. The molecule has 3 saturated heterocycles. The molecular weight excluding hydrogens is 2490 g/mol. The maximum atomic E-state index is 13.2. The monoisotopic (exact) mass is 2620 g/mol. The smallest absolute Gasteiger partial charge is 0.549 e. The van der Waals surface area contributed by atoms with Crippen molar-refractivity contribution in [2.75, 3.05) is 216 Å². The van der Waals surface area contributed by atoms with Gasteiger partial charge in [0.25, 0.3) is 0 Å². The summed E-state index contributed by atoms with van der Waals surface area (Å²) in [6.07, 6.45) is -4.34. The van der Waals surface area contributed by atoms with Gasteiger partial charge in [-0.25, -0.2) is 45.7 Å². The molecule has 4 radical (unpaired) electrons.